The molecule has 2 aromatic rings. The van der Waals surface area contributed by atoms with E-state index >= 15 is 0 Å². The first-order valence-corrected chi connectivity index (χ1v) is 8.19. The third kappa shape index (κ3) is 3.10. The second kappa shape index (κ2) is 7.17. The highest BCUT2D eigenvalue weighted by molar-refractivity contribution is 6.05. The Morgan fingerprint density at radius 3 is 2.76 bits per heavy atom. The van der Waals surface area contributed by atoms with Crippen molar-refractivity contribution >= 4 is 5.91 Å². The molecule has 0 saturated carbocycles. The van der Waals surface area contributed by atoms with E-state index in [9.17, 15) is 4.79 Å². The second-order valence-electron chi connectivity index (χ2n) is 5.56. The SMILES string of the molecule is C=C/C=C(\C=C)Oc1ccc(-c2cnc3n2N(CCCC)C3=O)cn1. The summed E-state index contributed by atoms with van der Waals surface area (Å²) < 4.78 is 7.46. The molecule has 1 aliphatic rings. The Kier molecular flexibility index (Phi) is 4.79. The Labute approximate surface area is 146 Å². The van der Waals surface area contributed by atoms with Gasteiger partial charge in [0.15, 0.2) is 0 Å². The van der Waals surface area contributed by atoms with E-state index < -0.39 is 0 Å². The topological polar surface area (TPSA) is 60.2 Å². The minimum absolute atomic E-state index is 0.0298. The lowest BCUT2D eigenvalue weighted by molar-refractivity contribution is 0.0888. The predicted molar refractivity (Wildman–Crippen MR) is 96.9 cm³/mol. The monoisotopic (exact) mass is 336 g/mol. The maximum atomic E-state index is 12.1. The molecule has 0 bridgehead atoms. The zero-order chi connectivity index (χ0) is 17.8. The zero-order valence-corrected chi connectivity index (χ0v) is 14.2. The quantitative estimate of drug-likeness (QED) is 0.547. The molecule has 0 spiro atoms. The number of carbonyl (C=O) groups excluding carboxylic acids is 1. The molecule has 3 rings (SSSR count). The number of rotatable bonds is 8. The molecular formula is C19H20N4O2. The third-order valence-electron chi connectivity index (χ3n) is 3.87. The Morgan fingerprint density at radius 2 is 2.12 bits per heavy atom. The van der Waals surface area contributed by atoms with Crippen molar-refractivity contribution in [1.82, 2.24) is 14.6 Å². The van der Waals surface area contributed by atoms with Gasteiger partial charge in [0.25, 0.3) is 0 Å². The molecule has 0 radical (unpaired) electrons. The number of hydrogen-bond acceptors (Lipinski definition) is 4. The van der Waals surface area contributed by atoms with Gasteiger partial charge in [0.1, 0.15) is 5.76 Å². The van der Waals surface area contributed by atoms with Crippen LogP contribution < -0.4 is 9.75 Å². The average molecular weight is 336 g/mol. The van der Waals surface area contributed by atoms with Gasteiger partial charge < -0.3 is 4.74 Å². The summed E-state index contributed by atoms with van der Waals surface area (Å²) in [4.78, 5) is 20.6. The molecule has 0 unspecified atom stereocenters. The van der Waals surface area contributed by atoms with E-state index in [1.807, 2.05) is 10.7 Å². The number of hydrogen-bond donors (Lipinski definition) is 0. The summed E-state index contributed by atoms with van der Waals surface area (Å²) in [7, 11) is 0. The molecule has 0 aromatic carbocycles. The predicted octanol–water partition coefficient (Wildman–Crippen LogP) is 3.47. The largest absolute Gasteiger partial charge is 0.439 e. The van der Waals surface area contributed by atoms with Crippen LogP contribution in [0.25, 0.3) is 11.3 Å². The van der Waals surface area contributed by atoms with E-state index in [1.54, 1.807) is 41.7 Å². The summed E-state index contributed by atoms with van der Waals surface area (Å²) in [5, 5.41) is 1.72. The number of nitrogens with zero attached hydrogens (tertiary/aromatic N) is 4. The Balaban J connectivity index is 1.81. The number of amides is 1. The molecule has 0 atom stereocenters. The molecule has 6 heteroatoms. The van der Waals surface area contributed by atoms with Gasteiger partial charge in [-0.1, -0.05) is 32.6 Å². The molecule has 1 amide bonds. The second-order valence-corrected chi connectivity index (χ2v) is 5.56. The first-order chi connectivity index (χ1) is 12.2. The number of unbranched alkanes of at least 4 members (excludes halogenated alkanes) is 1. The van der Waals surface area contributed by atoms with Crippen LogP contribution in [0.2, 0.25) is 0 Å². The molecular weight excluding hydrogens is 316 g/mol. The van der Waals surface area contributed by atoms with Gasteiger partial charge in [-0.05, 0) is 24.6 Å². The molecule has 25 heavy (non-hydrogen) atoms. The van der Waals surface area contributed by atoms with Crippen LogP contribution in [-0.4, -0.2) is 27.1 Å². The van der Waals surface area contributed by atoms with Crippen LogP contribution in [0, 0.1) is 0 Å². The molecule has 0 N–H and O–H groups in total. The zero-order valence-electron chi connectivity index (χ0n) is 14.2. The summed E-state index contributed by atoms with van der Waals surface area (Å²) in [5.74, 6) is 1.46. The number of imidazole rings is 1. The minimum atomic E-state index is -0.0298. The number of carbonyl (C=O) groups is 1. The number of allylic oxidation sites excluding steroid dienone is 3. The Bertz CT molecular complexity index is 834. The molecule has 128 valence electrons. The molecule has 0 saturated heterocycles. The van der Waals surface area contributed by atoms with E-state index in [0.29, 0.717) is 24.0 Å². The maximum Gasteiger partial charge on any atom is 0.310 e. The molecule has 0 fully saturated rings. The lowest BCUT2D eigenvalue weighted by Gasteiger charge is -2.33. The summed E-state index contributed by atoms with van der Waals surface area (Å²) in [6, 6.07) is 3.66. The lowest BCUT2D eigenvalue weighted by atomic mass is 10.2. The molecule has 3 heterocycles. The number of fused-ring (bicyclic) bond motifs is 1. The van der Waals surface area contributed by atoms with Crippen LogP contribution in [-0.2, 0) is 0 Å². The van der Waals surface area contributed by atoms with Crippen LogP contribution in [0.4, 0.5) is 0 Å². The standard InChI is InChI=1S/C19H20N4O2/c1-4-7-11-22-19(24)18-21-13-16(23(18)22)14-9-10-17(20-12-14)25-15(6-3)8-5-2/h5-6,8-10,12-13H,2-4,7,11H2,1H3/b15-8+. The van der Waals surface area contributed by atoms with E-state index in [0.717, 1.165) is 24.1 Å². The van der Waals surface area contributed by atoms with Crippen molar-refractivity contribution in [2.45, 2.75) is 19.8 Å². The molecule has 6 nitrogen and oxygen atoms in total. The first-order valence-electron chi connectivity index (χ1n) is 8.19. The van der Waals surface area contributed by atoms with E-state index in [-0.39, 0.29) is 5.91 Å². The Morgan fingerprint density at radius 1 is 1.28 bits per heavy atom. The van der Waals surface area contributed by atoms with Crippen molar-refractivity contribution in [1.29, 1.82) is 0 Å². The summed E-state index contributed by atoms with van der Waals surface area (Å²) >= 11 is 0. The first kappa shape index (κ1) is 16.7. The highest BCUT2D eigenvalue weighted by Crippen LogP contribution is 2.28. The Hall–Kier alpha value is -3.15. The van der Waals surface area contributed by atoms with Crippen LogP contribution in [0.5, 0.6) is 5.88 Å². The van der Waals surface area contributed by atoms with Crippen molar-refractivity contribution in [3.05, 3.63) is 67.5 Å². The summed E-state index contributed by atoms with van der Waals surface area (Å²) in [6.45, 7) is 10.1. The fraction of sp³-hybridized carbons (Fsp3) is 0.211. The van der Waals surface area contributed by atoms with Crippen LogP contribution in [0.3, 0.4) is 0 Å². The fourth-order valence-electron chi connectivity index (χ4n) is 2.58. The smallest absolute Gasteiger partial charge is 0.310 e. The van der Waals surface area contributed by atoms with Gasteiger partial charge in [0.05, 0.1) is 11.9 Å². The minimum Gasteiger partial charge on any atom is -0.439 e. The van der Waals surface area contributed by atoms with Crippen molar-refractivity contribution in [3.8, 4) is 17.1 Å². The van der Waals surface area contributed by atoms with Gasteiger partial charge in [-0.3, -0.25) is 4.79 Å². The fourth-order valence-corrected chi connectivity index (χ4v) is 2.58. The van der Waals surface area contributed by atoms with Crippen molar-refractivity contribution in [3.63, 3.8) is 0 Å². The van der Waals surface area contributed by atoms with Crippen LogP contribution in [0.1, 0.15) is 30.4 Å². The summed E-state index contributed by atoms with van der Waals surface area (Å²) in [5.41, 5.74) is 1.71. The summed E-state index contributed by atoms with van der Waals surface area (Å²) in [6.07, 6.45) is 10.3. The van der Waals surface area contributed by atoms with Crippen LogP contribution >= 0.6 is 0 Å². The normalized spacial score (nSPS) is 13.2. The number of aromatic nitrogens is 3. The highest BCUT2D eigenvalue weighted by atomic mass is 16.5. The van der Waals surface area contributed by atoms with Gasteiger partial charge in [-0.2, -0.15) is 0 Å². The van der Waals surface area contributed by atoms with E-state index in [4.69, 9.17) is 4.74 Å². The molecule has 0 aliphatic carbocycles. The molecule has 2 aromatic heterocycles. The van der Waals surface area contributed by atoms with Gasteiger partial charge >= 0.3 is 5.91 Å². The van der Waals surface area contributed by atoms with E-state index in [2.05, 4.69) is 30.0 Å². The lowest BCUT2D eigenvalue weighted by Crippen LogP contribution is -2.53. The van der Waals surface area contributed by atoms with Crippen molar-refractivity contribution < 1.29 is 9.53 Å². The van der Waals surface area contributed by atoms with Gasteiger partial charge in [-0.25, -0.2) is 19.7 Å². The molecule has 1 aliphatic heterocycles. The maximum absolute atomic E-state index is 12.1. The number of pyridine rings is 1. The van der Waals surface area contributed by atoms with Gasteiger partial charge in [0.2, 0.25) is 11.7 Å². The highest BCUT2D eigenvalue weighted by Gasteiger charge is 2.36. The van der Waals surface area contributed by atoms with Gasteiger partial charge in [0, 0.05) is 24.4 Å². The van der Waals surface area contributed by atoms with E-state index in [1.165, 1.54) is 0 Å². The van der Waals surface area contributed by atoms with Crippen molar-refractivity contribution in [2.75, 3.05) is 11.6 Å². The van der Waals surface area contributed by atoms with Crippen molar-refractivity contribution in [2.24, 2.45) is 0 Å². The number of ether oxygens (including phenoxy) is 1. The van der Waals surface area contributed by atoms with Crippen LogP contribution in [0.15, 0.2) is 61.7 Å². The third-order valence-corrected chi connectivity index (χ3v) is 3.87. The average Bonchev–Trinajstić information content (AvgIpc) is 3.02. The van der Waals surface area contributed by atoms with Gasteiger partial charge in [-0.15, -0.1) is 0 Å².